The SMILES string of the molecule is CC(C)c1nn(Cc2ccccc2)c(OC2CC(O)CC(CO)O2)c1Cc1ccc(CCCC(=O)NC(CO)(CO)CO)cc1. The number of carbonyl (C=O) groups excluding carboxylic acids is 1. The molecule has 0 bridgehead atoms. The van der Waals surface area contributed by atoms with Crippen molar-refractivity contribution >= 4 is 5.91 Å². The highest BCUT2D eigenvalue weighted by Crippen LogP contribution is 2.33. The van der Waals surface area contributed by atoms with Crippen LogP contribution in [0, 0.1) is 0 Å². The molecule has 0 spiro atoms. The molecule has 0 radical (unpaired) electrons. The first-order valence-corrected chi connectivity index (χ1v) is 15.6. The fourth-order valence-electron chi connectivity index (χ4n) is 5.50. The standard InChI is InChI=1S/C34H47N3O8/c1-23(2)32-29(15-25-13-11-24(12-14-25)9-6-10-30(43)35-34(20-39,21-40)22-41)33(37(36-32)18-26-7-4-3-5-8-26)45-31-17-27(42)16-28(19-38)44-31/h3-5,7-8,11-14,23,27-28,31,38-42H,6,9-10,15-22H2,1-2H3,(H,35,43). The summed E-state index contributed by atoms with van der Waals surface area (Å²) in [6.45, 7) is 2.83. The van der Waals surface area contributed by atoms with E-state index in [0.717, 1.165) is 27.9 Å². The Morgan fingerprint density at radius 2 is 1.67 bits per heavy atom. The van der Waals surface area contributed by atoms with Crippen molar-refractivity contribution in [2.45, 2.75) is 88.9 Å². The van der Waals surface area contributed by atoms with Gasteiger partial charge in [0.1, 0.15) is 5.54 Å². The van der Waals surface area contributed by atoms with Crippen LogP contribution in [-0.2, 0) is 28.9 Å². The van der Waals surface area contributed by atoms with Crippen molar-refractivity contribution < 1.29 is 39.8 Å². The summed E-state index contributed by atoms with van der Waals surface area (Å²) < 4.78 is 14.3. The highest BCUT2D eigenvalue weighted by Gasteiger charge is 2.32. The maximum Gasteiger partial charge on any atom is 0.220 e. The van der Waals surface area contributed by atoms with E-state index in [-0.39, 0.29) is 31.3 Å². The van der Waals surface area contributed by atoms with E-state index in [1.165, 1.54) is 0 Å². The van der Waals surface area contributed by atoms with Gasteiger partial charge in [0, 0.05) is 31.2 Å². The van der Waals surface area contributed by atoms with Gasteiger partial charge in [0.25, 0.3) is 0 Å². The number of hydrogen-bond donors (Lipinski definition) is 6. The Kier molecular flexibility index (Phi) is 12.5. The van der Waals surface area contributed by atoms with Crippen LogP contribution in [0.5, 0.6) is 5.88 Å². The number of rotatable bonds is 16. The molecular formula is C34H47N3O8. The van der Waals surface area contributed by atoms with Crippen molar-refractivity contribution in [3.8, 4) is 5.88 Å². The average Bonchev–Trinajstić information content (AvgIpc) is 3.37. The van der Waals surface area contributed by atoms with Crippen molar-refractivity contribution in [2.75, 3.05) is 26.4 Å². The Labute approximate surface area is 264 Å². The molecule has 3 aromatic rings. The van der Waals surface area contributed by atoms with Crippen LogP contribution < -0.4 is 10.1 Å². The second kappa shape index (κ2) is 16.3. The Balaban J connectivity index is 1.51. The molecule has 1 saturated heterocycles. The lowest BCUT2D eigenvalue weighted by Gasteiger charge is -2.32. The molecule has 2 aromatic carbocycles. The maximum absolute atomic E-state index is 12.3. The molecule has 6 N–H and O–H groups in total. The van der Waals surface area contributed by atoms with Gasteiger partial charge in [0.05, 0.1) is 50.9 Å². The number of aliphatic hydroxyl groups excluding tert-OH is 5. The van der Waals surface area contributed by atoms with Crippen LogP contribution in [0.15, 0.2) is 54.6 Å². The topological polar surface area (TPSA) is 167 Å². The average molecular weight is 626 g/mol. The lowest BCUT2D eigenvalue weighted by molar-refractivity contribution is -0.186. The van der Waals surface area contributed by atoms with Gasteiger partial charge >= 0.3 is 0 Å². The molecule has 11 heteroatoms. The number of amides is 1. The lowest BCUT2D eigenvalue weighted by atomic mass is 9.98. The fraction of sp³-hybridized carbons (Fsp3) is 0.529. The lowest BCUT2D eigenvalue weighted by Crippen LogP contribution is -2.57. The van der Waals surface area contributed by atoms with Crippen LogP contribution in [0.1, 0.15) is 73.4 Å². The van der Waals surface area contributed by atoms with Crippen LogP contribution in [0.2, 0.25) is 0 Å². The first kappa shape index (κ1) is 34.6. The fourth-order valence-corrected chi connectivity index (χ4v) is 5.50. The molecule has 1 amide bonds. The molecule has 246 valence electrons. The molecule has 1 aliphatic heterocycles. The third-order valence-electron chi connectivity index (χ3n) is 8.13. The number of nitrogens with one attached hydrogen (secondary N) is 1. The Bertz CT molecular complexity index is 1330. The number of aliphatic hydroxyl groups is 5. The van der Waals surface area contributed by atoms with E-state index in [0.29, 0.717) is 38.1 Å². The van der Waals surface area contributed by atoms with E-state index in [9.17, 15) is 30.3 Å². The van der Waals surface area contributed by atoms with Crippen molar-refractivity contribution in [3.63, 3.8) is 0 Å². The normalized spacial score (nSPS) is 18.7. The third kappa shape index (κ3) is 9.35. The van der Waals surface area contributed by atoms with Gasteiger partial charge in [-0.15, -0.1) is 0 Å². The quantitative estimate of drug-likeness (QED) is 0.140. The summed E-state index contributed by atoms with van der Waals surface area (Å²) in [7, 11) is 0. The second-order valence-electron chi connectivity index (χ2n) is 12.2. The summed E-state index contributed by atoms with van der Waals surface area (Å²) in [4.78, 5) is 12.3. The highest BCUT2D eigenvalue weighted by molar-refractivity contribution is 5.76. The van der Waals surface area contributed by atoms with Crippen LogP contribution in [0.4, 0.5) is 0 Å². The summed E-state index contributed by atoms with van der Waals surface area (Å²) in [6, 6.07) is 18.2. The monoisotopic (exact) mass is 625 g/mol. The van der Waals surface area contributed by atoms with Gasteiger partial charge in [-0.2, -0.15) is 5.10 Å². The van der Waals surface area contributed by atoms with Gasteiger partial charge in [-0.3, -0.25) is 4.79 Å². The van der Waals surface area contributed by atoms with Crippen LogP contribution in [-0.4, -0.2) is 91.7 Å². The molecule has 11 nitrogen and oxygen atoms in total. The summed E-state index contributed by atoms with van der Waals surface area (Å²) in [5, 5.41) is 55.9. The molecular weight excluding hydrogens is 578 g/mol. The number of aromatic nitrogens is 2. The minimum absolute atomic E-state index is 0.120. The number of aryl methyl sites for hydroxylation is 1. The molecule has 1 fully saturated rings. The molecule has 2 heterocycles. The molecule has 45 heavy (non-hydrogen) atoms. The second-order valence-corrected chi connectivity index (χ2v) is 12.2. The zero-order valence-corrected chi connectivity index (χ0v) is 26.1. The Hall–Kier alpha value is -3.32. The largest absolute Gasteiger partial charge is 0.448 e. The minimum atomic E-state index is -1.42. The molecule has 3 unspecified atom stereocenters. The smallest absolute Gasteiger partial charge is 0.220 e. The number of carbonyl (C=O) groups is 1. The number of ether oxygens (including phenoxy) is 2. The zero-order valence-electron chi connectivity index (χ0n) is 26.1. The Morgan fingerprint density at radius 3 is 2.29 bits per heavy atom. The first-order chi connectivity index (χ1) is 21.7. The molecule has 3 atom stereocenters. The van der Waals surface area contributed by atoms with E-state index < -0.39 is 43.9 Å². The Morgan fingerprint density at radius 1 is 1.00 bits per heavy atom. The molecule has 1 aliphatic rings. The molecule has 0 aliphatic carbocycles. The third-order valence-corrected chi connectivity index (χ3v) is 8.13. The van der Waals surface area contributed by atoms with Gasteiger partial charge in [-0.25, -0.2) is 4.68 Å². The van der Waals surface area contributed by atoms with E-state index in [4.69, 9.17) is 14.6 Å². The molecule has 4 rings (SSSR count). The van der Waals surface area contributed by atoms with Gasteiger partial charge in [0.2, 0.25) is 18.1 Å². The predicted molar refractivity (Wildman–Crippen MR) is 168 cm³/mol. The van der Waals surface area contributed by atoms with Crippen molar-refractivity contribution in [3.05, 3.63) is 82.5 Å². The zero-order chi connectivity index (χ0) is 32.4. The van der Waals surface area contributed by atoms with Crippen LogP contribution >= 0.6 is 0 Å². The van der Waals surface area contributed by atoms with Crippen LogP contribution in [0.25, 0.3) is 0 Å². The van der Waals surface area contributed by atoms with Crippen molar-refractivity contribution in [1.29, 1.82) is 0 Å². The van der Waals surface area contributed by atoms with E-state index in [2.05, 4.69) is 31.3 Å². The first-order valence-electron chi connectivity index (χ1n) is 15.6. The predicted octanol–water partition coefficient (Wildman–Crippen LogP) is 2.04. The number of benzene rings is 2. The highest BCUT2D eigenvalue weighted by atomic mass is 16.7. The number of hydrogen-bond acceptors (Lipinski definition) is 9. The summed E-state index contributed by atoms with van der Waals surface area (Å²) in [5.41, 5.74) is 3.61. The van der Waals surface area contributed by atoms with Gasteiger partial charge in [-0.05, 0) is 35.4 Å². The van der Waals surface area contributed by atoms with E-state index >= 15 is 0 Å². The van der Waals surface area contributed by atoms with E-state index in [1.807, 2.05) is 47.1 Å². The summed E-state index contributed by atoms with van der Waals surface area (Å²) >= 11 is 0. The van der Waals surface area contributed by atoms with Crippen molar-refractivity contribution in [1.82, 2.24) is 15.1 Å². The minimum Gasteiger partial charge on any atom is -0.448 e. The van der Waals surface area contributed by atoms with Crippen molar-refractivity contribution in [2.24, 2.45) is 0 Å². The molecule has 0 saturated carbocycles. The number of nitrogens with zero attached hydrogens (tertiary/aromatic N) is 2. The molecule has 1 aromatic heterocycles. The van der Waals surface area contributed by atoms with Gasteiger partial charge < -0.3 is 40.3 Å². The van der Waals surface area contributed by atoms with Gasteiger partial charge in [0.15, 0.2) is 0 Å². The summed E-state index contributed by atoms with van der Waals surface area (Å²) in [5.74, 6) is 0.358. The maximum atomic E-state index is 12.3. The summed E-state index contributed by atoms with van der Waals surface area (Å²) in [6.07, 6.45) is 0.749. The van der Waals surface area contributed by atoms with Gasteiger partial charge in [-0.1, -0.05) is 68.4 Å². The van der Waals surface area contributed by atoms with E-state index in [1.54, 1.807) is 0 Å². The van der Waals surface area contributed by atoms with Crippen LogP contribution in [0.3, 0.4) is 0 Å².